The molecule has 1 aromatic rings. The third-order valence-electron chi connectivity index (χ3n) is 4.18. The molecule has 0 spiro atoms. The average molecular weight is 247 g/mol. The molecule has 1 fully saturated rings. The van der Waals surface area contributed by atoms with E-state index in [0.29, 0.717) is 18.1 Å². The van der Waals surface area contributed by atoms with Crippen LogP contribution in [0.4, 0.5) is 0 Å². The molecule has 0 amide bonds. The predicted molar refractivity (Wildman–Crippen MR) is 75.9 cm³/mol. The predicted octanol–water partition coefficient (Wildman–Crippen LogP) is 3.38. The number of likely N-dealkylation sites (N-methyl/N-ethyl adjacent to an activating group) is 1. The Balaban J connectivity index is 2.31. The first-order valence-electron chi connectivity index (χ1n) is 7.06. The number of hydrogen-bond acceptors (Lipinski definition) is 2. The Labute approximate surface area is 111 Å². The molecule has 2 rings (SSSR count). The lowest BCUT2D eigenvalue weighted by Gasteiger charge is -2.29. The van der Waals surface area contributed by atoms with Crippen LogP contribution < -0.4 is 5.32 Å². The molecule has 0 bridgehead atoms. The molecule has 0 aromatic heterocycles. The average Bonchev–Trinajstić information content (AvgIpc) is 2.76. The number of rotatable bonds is 4. The topological polar surface area (TPSA) is 21.3 Å². The standard InChI is InChI=1S/C16H25NO/c1-5-17-15(16-12(3)9-10-18-16)14-8-6-7-11(2)13(14)4/h6-8,12,15-17H,5,9-10H2,1-4H3. The summed E-state index contributed by atoms with van der Waals surface area (Å²) in [7, 11) is 0. The molecule has 0 saturated carbocycles. The van der Waals surface area contributed by atoms with Crippen LogP contribution in [0.5, 0.6) is 0 Å². The maximum absolute atomic E-state index is 5.97. The van der Waals surface area contributed by atoms with Crippen LogP contribution >= 0.6 is 0 Å². The molecule has 0 aliphatic carbocycles. The van der Waals surface area contributed by atoms with Gasteiger partial charge in [0.05, 0.1) is 12.1 Å². The van der Waals surface area contributed by atoms with Crippen LogP contribution in [0.3, 0.4) is 0 Å². The first-order chi connectivity index (χ1) is 8.65. The minimum atomic E-state index is 0.311. The van der Waals surface area contributed by atoms with Gasteiger partial charge in [-0.25, -0.2) is 0 Å². The van der Waals surface area contributed by atoms with E-state index < -0.39 is 0 Å². The molecule has 0 radical (unpaired) electrons. The van der Waals surface area contributed by atoms with Gasteiger partial charge >= 0.3 is 0 Å². The zero-order chi connectivity index (χ0) is 13.1. The van der Waals surface area contributed by atoms with Gasteiger partial charge in [0.1, 0.15) is 0 Å². The lowest BCUT2D eigenvalue weighted by Crippen LogP contribution is -2.35. The van der Waals surface area contributed by atoms with E-state index in [1.165, 1.54) is 23.1 Å². The number of ether oxygens (including phenoxy) is 1. The van der Waals surface area contributed by atoms with Crippen LogP contribution in [0.15, 0.2) is 18.2 Å². The summed E-state index contributed by atoms with van der Waals surface area (Å²) in [5.74, 6) is 0.633. The Bertz CT molecular complexity index is 402. The van der Waals surface area contributed by atoms with Crippen molar-refractivity contribution in [3.05, 3.63) is 34.9 Å². The van der Waals surface area contributed by atoms with Crippen molar-refractivity contribution < 1.29 is 4.74 Å². The lowest BCUT2D eigenvalue weighted by atomic mass is 9.89. The molecule has 2 nitrogen and oxygen atoms in total. The normalized spacial score (nSPS) is 25.3. The van der Waals surface area contributed by atoms with Crippen molar-refractivity contribution in [1.29, 1.82) is 0 Å². The van der Waals surface area contributed by atoms with Crippen molar-refractivity contribution in [2.45, 2.75) is 46.3 Å². The smallest absolute Gasteiger partial charge is 0.0796 e. The van der Waals surface area contributed by atoms with Crippen molar-refractivity contribution in [3.63, 3.8) is 0 Å². The summed E-state index contributed by atoms with van der Waals surface area (Å²) in [6, 6.07) is 6.90. The number of nitrogens with one attached hydrogen (secondary N) is 1. The Morgan fingerprint density at radius 3 is 2.78 bits per heavy atom. The van der Waals surface area contributed by atoms with Gasteiger partial charge in [0.25, 0.3) is 0 Å². The second kappa shape index (κ2) is 5.85. The fraction of sp³-hybridized carbons (Fsp3) is 0.625. The van der Waals surface area contributed by atoms with Gasteiger partial charge in [0, 0.05) is 6.61 Å². The van der Waals surface area contributed by atoms with Crippen LogP contribution in [-0.2, 0) is 4.74 Å². The van der Waals surface area contributed by atoms with Crippen LogP contribution in [0.25, 0.3) is 0 Å². The summed E-state index contributed by atoms with van der Waals surface area (Å²) in [4.78, 5) is 0. The van der Waals surface area contributed by atoms with E-state index in [1.54, 1.807) is 0 Å². The van der Waals surface area contributed by atoms with Crippen molar-refractivity contribution >= 4 is 0 Å². The molecule has 2 heteroatoms. The van der Waals surface area contributed by atoms with Crippen LogP contribution in [0.1, 0.15) is 43.0 Å². The van der Waals surface area contributed by atoms with E-state index in [-0.39, 0.29) is 0 Å². The third-order valence-corrected chi connectivity index (χ3v) is 4.18. The molecule has 100 valence electrons. The molecule has 1 heterocycles. The Morgan fingerprint density at radius 1 is 1.39 bits per heavy atom. The van der Waals surface area contributed by atoms with Crippen molar-refractivity contribution in [2.75, 3.05) is 13.2 Å². The Morgan fingerprint density at radius 2 is 2.17 bits per heavy atom. The van der Waals surface area contributed by atoms with Gasteiger partial charge in [-0.3, -0.25) is 0 Å². The summed E-state index contributed by atoms with van der Waals surface area (Å²) in [6.45, 7) is 10.7. The van der Waals surface area contributed by atoms with E-state index in [4.69, 9.17) is 4.74 Å². The van der Waals surface area contributed by atoms with E-state index in [1.807, 2.05) is 0 Å². The van der Waals surface area contributed by atoms with Gasteiger partial charge < -0.3 is 10.1 Å². The number of hydrogen-bond donors (Lipinski definition) is 1. The van der Waals surface area contributed by atoms with Crippen molar-refractivity contribution in [1.82, 2.24) is 5.32 Å². The summed E-state index contributed by atoms with van der Waals surface area (Å²) in [6.07, 6.45) is 1.49. The maximum atomic E-state index is 5.97. The largest absolute Gasteiger partial charge is 0.376 e. The summed E-state index contributed by atoms with van der Waals surface area (Å²) in [5.41, 5.74) is 4.16. The SMILES string of the molecule is CCNC(c1cccc(C)c1C)C1OCCC1C. The quantitative estimate of drug-likeness (QED) is 0.880. The molecule has 1 aliphatic heterocycles. The summed E-state index contributed by atoms with van der Waals surface area (Å²) < 4.78 is 5.97. The van der Waals surface area contributed by atoms with E-state index in [9.17, 15) is 0 Å². The third kappa shape index (κ3) is 2.60. The Kier molecular flexibility index (Phi) is 4.41. The zero-order valence-electron chi connectivity index (χ0n) is 12.0. The number of aryl methyl sites for hydroxylation is 1. The molecule has 3 atom stereocenters. The highest BCUT2D eigenvalue weighted by Crippen LogP contribution is 2.33. The zero-order valence-corrected chi connectivity index (χ0v) is 12.0. The van der Waals surface area contributed by atoms with Gasteiger partial charge in [-0.1, -0.05) is 32.0 Å². The fourth-order valence-electron chi connectivity index (χ4n) is 2.88. The minimum Gasteiger partial charge on any atom is -0.376 e. The van der Waals surface area contributed by atoms with Crippen LogP contribution in [0, 0.1) is 19.8 Å². The van der Waals surface area contributed by atoms with Gasteiger partial charge in [-0.05, 0) is 49.4 Å². The lowest BCUT2D eigenvalue weighted by molar-refractivity contribution is 0.0610. The van der Waals surface area contributed by atoms with Crippen LogP contribution in [-0.4, -0.2) is 19.3 Å². The minimum absolute atomic E-state index is 0.311. The first-order valence-corrected chi connectivity index (χ1v) is 7.06. The highest BCUT2D eigenvalue weighted by molar-refractivity contribution is 5.36. The molecule has 1 aromatic carbocycles. The Hall–Kier alpha value is -0.860. The molecule has 1 aliphatic rings. The fourth-order valence-corrected chi connectivity index (χ4v) is 2.88. The maximum Gasteiger partial charge on any atom is 0.0796 e. The van der Waals surface area contributed by atoms with E-state index >= 15 is 0 Å². The van der Waals surface area contributed by atoms with Crippen molar-refractivity contribution in [3.8, 4) is 0 Å². The van der Waals surface area contributed by atoms with Gasteiger partial charge in [-0.2, -0.15) is 0 Å². The number of benzene rings is 1. The van der Waals surface area contributed by atoms with Gasteiger partial charge in [0.15, 0.2) is 0 Å². The second-order valence-corrected chi connectivity index (χ2v) is 5.43. The van der Waals surface area contributed by atoms with Crippen LogP contribution in [0.2, 0.25) is 0 Å². The first kappa shape index (κ1) is 13.6. The van der Waals surface area contributed by atoms with E-state index in [2.05, 4.69) is 51.2 Å². The molecule has 1 saturated heterocycles. The molecular formula is C16H25NO. The molecule has 1 N–H and O–H groups in total. The van der Waals surface area contributed by atoms with E-state index in [0.717, 1.165) is 13.2 Å². The monoisotopic (exact) mass is 247 g/mol. The molecule has 3 unspecified atom stereocenters. The molecule has 18 heavy (non-hydrogen) atoms. The second-order valence-electron chi connectivity index (χ2n) is 5.43. The summed E-state index contributed by atoms with van der Waals surface area (Å²) >= 11 is 0. The highest BCUT2D eigenvalue weighted by atomic mass is 16.5. The van der Waals surface area contributed by atoms with Gasteiger partial charge in [-0.15, -0.1) is 0 Å². The van der Waals surface area contributed by atoms with Gasteiger partial charge in [0.2, 0.25) is 0 Å². The molecular weight excluding hydrogens is 222 g/mol. The highest BCUT2D eigenvalue weighted by Gasteiger charge is 2.33. The van der Waals surface area contributed by atoms with Crippen molar-refractivity contribution in [2.24, 2.45) is 5.92 Å². The summed E-state index contributed by atoms with van der Waals surface area (Å²) in [5, 5.41) is 3.61.